The number of carbonyl (C=O) groups excluding carboxylic acids is 4. The first-order valence-corrected chi connectivity index (χ1v) is 20.2. The lowest BCUT2D eigenvalue weighted by Gasteiger charge is -2.49. The van der Waals surface area contributed by atoms with E-state index in [-0.39, 0.29) is 53.3 Å². The predicted octanol–water partition coefficient (Wildman–Crippen LogP) is 7.55. The van der Waals surface area contributed by atoms with E-state index in [0.717, 1.165) is 58.2 Å². The van der Waals surface area contributed by atoms with Crippen LogP contribution in [0.25, 0.3) is 20.7 Å². The largest absolute Gasteiger partial charge is 0.502 e. The number of phenolic OH excluding ortho intramolecular Hbond substituents is 1. The molecule has 6 atom stereocenters. The molecule has 55 heavy (non-hydrogen) atoms. The Morgan fingerprint density at radius 3 is 2.35 bits per heavy atom. The van der Waals surface area contributed by atoms with E-state index >= 15 is 4.79 Å². The first kappa shape index (κ1) is 36.0. The number of amides is 4. The van der Waals surface area contributed by atoms with E-state index in [9.17, 15) is 19.5 Å². The van der Waals surface area contributed by atoms with E-state index in [1.807, 2.05) is 38.1 Å². The molecule has 3 aliphatic carbocycles. The molecule has 2 saturated carbocycles. The van der Waals surface area contributed by atoms with Gasteiger partial charge >= 0.3 is 0 Å². The maximum atomic E-state index is 15.2. The van der Waals surface area contributed by atoms with Gasteiger partial charge in [-0.05, 0) is 92.3 Å². The van der Waals surface area contributed by atoms with Crippen LogP contribution in [0.2, 0.25) is 5.02 Å². The van der Waals surface area contributed by atoms with Gasteiger partial charge in [-0.3, -0.25) is 28.8 Å². The molecule has 2 aromatic heterocycles. The second-order valence-corrected chi connectivity index (χ2v) is 17.5. The molecule has 4 amide bonds. The molecule has 4 fully saturated rings. The van der Waals surface area contributed by atoms with Gasteiger partial charge in [-0.2, -0.15) is 5.10 Å². The number of halogens is 1. The molecule has 4 aromatic rings. The maximum absolute atomic E-state index is 15.2. The van der Waals surface area contributed by atoms with Gasteiger partial charge in [0.2, 0.25) is 29.4 Å². The van der Waals surface area contributed by atoms with Gasteiger partial charge in [0.25, 0.3) is 0 Å². The molecule has 2 aromatic carbocycles. The summed E-state index contributed by atoms with van der Waals surface area (Å²) >= 11 is 7.90. The first-order chi connectivity index (χ1) is 26.4. The molecule has 2 saturated heterocycles. The highest BCUT2D eigenvalue weighted by Crippen LogP contribution is 2.64. The third kappa shape index (κ3) is 5.09. The number of hydrogen-bond acceptors (Lipinski definition) is 9. The minimum absolute atomic E-state index is 0.108. The number of aryl methyl sites for hydroxylation is 2. The number of anilines is 1. The summed E-state index contributed by atoms with van der Waals surface area (Å²) in [6, 6.07) is 10.8. The number of nitrogens with zero attached hydrogens (tertiary/aromatic N) is 4. The van der Waals surface area contributed by atoms with Crippen LogP contribution in [0, 0.1) is 36.0 Å². The first-order valence-electron chi connectivity index (χ1n) is 19.0. The summed E-state index contributed by atoms with van der Waals surface area (Å²) in [5.74, 6) is -3.67. The topological polar surface area (TPSA) is 131 Å². The smallest absolute Gasteiger partial charge is 0.242 e. The van der Waals surface area contributed by atoms with Crippen molar-refractivity contribution in [2.24, 2.45) is 36.1 Å². The zero-order chi connectivity index (χ0) is 38.7. The molecular weight excluding hydrogens is 740 g/mol. The summed E-state index contributed by atoms with van der Waals surface area (Å²) in [4.78, 5) is 62.5. The van der Waals surface area contributed by atoms with Crippen LogP contribution in [0.4, 0.5) is 5.82 Å². The zero-order valence-corrected chi connectivity index (χ0v) is 33.0. The Morgan fingerprint density at radius 1 is 0.945 bits per heavy atom. The Labute approximate surface area is 327 Å². The number of methoxy groups -OCH3 is 2. The minimum atomic E-state index is -1.30. The molecular formula is C42H43ClN4O7S. The van der Waals surface area contributed by atoms with E-state index in [1.165, 1.54) is 19.1 Å². The number of rotatable bonds is 6. The highest BCUT2D eigenvalue weighted by Gasteiger charge is 2.68. The van der Waals surface area contributed by atoms with Crippen LogP contribution in [0.15, 0.2) is 48.0 Å². The van der Waals surface area contributed by atoms with E-state index in [0.29, 0.717) is 28.5 Å². The molecule has 1 N–H and O–H groups in total. The number of carbonyl (C=O) groups is 4. The quantitative estimate of drug-likeness (QED) is 0.157. The van der Waals surface area contributed by atoms with Crippen LogP contribution in [-0.4, -0.2) is 63.7 Å². The number of phenols is 1. The molecule has 4 heterocycles. The summed E-state index contributed by atoms with van der Waals surface area (Å²) in [5, 5.41) is 17.4. The fourth-order valence-electron chi connectivity index (χ4n) is 10.6. The number of likely N-dealkylation sites (tertiary alicyclic amines) is 1. The van der Waals surface area contributed by atoms with Crippen LogP contribution in [0.3, 0.4) is 0 Å². The zero-order valence-electron chi connectivity index (χ0n) is 31.4. The Kier molecular flexibility index (Phi) is 8.47. The Morgan fingerprint density at radius 2 is 1.65 bits per heavy atom. The average molecular weight is 783 g/mol. The number of aromatic hydroxyl groups is 1. The summed E-state index contributed by atoms with van der Waals surface area (Å²) < 4.78 is 13.8. The molecule has 0 spiro atoms. The van der Waals surface area contributed by atoms with Crippen molar-refractivity contribution < 1.29 is 33.8 Å². The number of allylic oxidation sites excluding steroid dienone is 2. The standard InChI is InChI=1S/C42H43ClN4O7S/c1-20-26-17-22(43)11-14-32(26)55-37(20)29-19-33(45(3)44-29)47-39(50)28-18-27-24(12-13-25-34(27)40(51)46(38(25)49)23-9-7-6-8-10-23)35(42(28,2)41(47)52)21-15-30(53-4)36(48)31(16-21)54-5/h11-12,14-17,19,23,25,27-28,34-35,48H,6-10,13,18H2,1-5H3/t25-,27+,28-,34-,35-,42+/m0/s1. The maximum Gasteiger partial charge on any atom is 0.242 e. The average Bonchev–Trinajstić information content (AvgIpc) is 3.85. The van der Waals surface area contributed by atoms with Crippen molar-refractivity contribution in [2.75, 3.05) is 19.1 Å². The third-order valence-electron chi connectivity index (χ3n) is 13.3. The number of fused-ring (bicyclic) bond motifs is 5. The molecule has 0 bridgehead atoms. The lowest BCUT2D eigenvalue weighted by Crippen LogP contribution is -2.49. The summed E-state index contributed by atoms with van der Waals surface area (Å²) in [6.45, 7) is 3.85. The SMILES string of the molecule is COc1cc([C@H]2C3=CC[C@@H]4C(=O)N(C5CCCCC5)C(=O)[C@@H]4[C@@H]3C[C@H]3C(=O)N(c4cc(-c5sc6ccc(Cl)cc6c5C)nn4C)C(=O)[C@@]23C)cc(OC)c1O. The van der Waals surface area contributed by atoms with Crippen molar-refractivity contribution in [3.8, 4) is 27.8 Å². The fraction of sp³-hybridized carbons (Fsp3) is 0.452. The highest BCUT2D eigenvalue weighted by molar-refractivity contribution is 7.22. The van der Waals surface area contributed by atoms with E-state index in [4.69, 9.17) is 26.2 Å². The lowest BCUT2D eigenvalue weighted by atomic mass is 9.51. The Balaban J connectivity index is 1.17. The van der Waals surface area contributed by atoms with Gasteiger partial charge in [-0.1, -0.05) is 42.5 Å². The number of thiophene rings is 1. The van der Waals surface area contributed by atoms with Gasteiger partial charge in [-0.25, -0.2) is 4.90 Å². The van der Waals surface area contributed by atoms with Crippen LogP contribution < -0.4 is 14.4 Å². The van der Waals surface area contributed by atoms with Gasteiger partial charge in [0.1, 0.15) is 11.5 Å². The van der Waals surface area contributed by atoms with Crippen molar-refractivity contribution in [3.63, 3.8) is 0 Å². The molecule has 13 heteroatoms. The second kappa shape index (κ2) is 12.9. The normalized spacial score (nSPS) is 28.1. The minimum Gasteiger partial charge on any atom is -0.502 e. The van der Waals surface area contributed by atoms with E-state index in [1.54, 1.807) is 46.2 Å². The molecule has 5 aliphatic rings. The Bertz CT molecular complexity index is 2330. The highest BCUT2D eigenvalue weighted by atomic mass is 35.5. The van der Waals surface area contributed by atoms with Crippen molar-refractivity contribution in [1.29, 1.82) is 0 Å². The van der Waals surface area contributed by atoms with Gasteiger partial charge in [0, 0.05) is 34.8 Å². The number of imide groups is 2. The summed E-state index contributed by atoms with van der Waals surface area (Å²) in [5.41, 5.74) is 1.81. The number of hydrogen-bond donors (Lipinski definition) is 1. The monoisotopic (exact) mass is 782 g/mol. The molecule has 9 rings (SSSR count). The Hall–Kier alpha value is -4.68. The van der Waals surface area contributed by atoms with Crippen molar-refractivity contribution >= 4 is 62.5 Å². The second-order valence-electron chi connectivity index (χ2n) is 16.0. The number of benzene rings is 2. The number of aromatic nitrogens is 2. The van der Waals surface area contributed by atoms with Crippen LogP contribution in [0.5, 0.6) is 17.2 Å². The van der Waals surface area contributed by atoms with E-state index in [2.05, 4.69) is 0 Å². The molecule has 0 unspecified atom stereocenters. The van der Waals surface area contributed by atoms with Gasteiger partial charge in [0.15, 0.2) is 11.5 Å². The van der Waals surface area contributed by atoms with Crippen LogP contribution >= 0.6 is 22.9 Å². The lowest BCUT2D eigenvalue weighted by molar-refractivity contribution is -0.144. The van der Waals surface area contributed by atoms with Gasteiger partial charge in [-0.15, -0.1) is 11.3 Å². The van der Waals surface area contributed by atoms with Gasteiger partial charge in [0.05, 0.1) is 42.3 Å². The molecule has 0 radical (unpaired) electrons. The van der Waals surface area contributed by atoms with Crippen LogP contribution in [-0.2, 0) is 26.2 Å². The van der Waals surface area contributed by atoms with Gasteiger partial charge < -0.3 is 14.6 Å². The predicted molar refractivity (Wildman–Crippen MR) is 208 cm³/mol. The molecule has 11 nitrogen and oxygen atoms in total. The summed E-state index contributed by atoms with van der Waals surface area (Å²) in [6.07, 6.45) is 7.32. The summed E-state index contributed by atoms with van der Waals surface area (Å²) in [7, 11) is 4.61. The number of ether oxygens (including phenoxy) is 2. The van der Waals surface area contributed by atoms with Crippen molar-refractivity contribution in [3.05, 3.63) is 64.2 Å². The molecule has 2 aliphatic heterocycles. The third-order valence-corrected chi connectivity index (χ3v) is 14.8. The van der Waals surface area contributed by atoms with E-state index < -0.39 is 35.0 Å². The molecule has 286 valence electrons. The van der Waals surface area contributed by atoms with Crippen molar-refractivity contribution in [2.45, 2.75) is 70.8 Å². The van der Waals surface area contributed by atoms with Crippen molar-refractivity contribution in [1.82, 2.24) is 14.7 Å². The van der Waals surface area contributed by atoms with Crippen LogP contribution in [0.1, 0.15) is 68.9 Å². The fourth-order valence-corrected chi connectivity index (χ4v) is 12.0.